The number of hydrogen-bond acceptors (Lipinski definition) is 3. The number of rotatable bonds is 3. The number of nitrogens with one attached hydrogen (secondary N) is 1. The maximum atomic E-state index is 5.53. The highest BCUT2D eigenvalue weighted by atomic mass is 127. The zero-order chi connectivity index (χ0) is 8.55. The zero-order valence-corrected chi connectivity index (χ0v) is 9.56. The Bertz CT molecular complexity index is 270. The van der Waals surface area contributed by atoms with Crippen molar-refractivity contribution in [3.63, 3.8) is 0 Å². The quantitative estimate of drug-likeness (QED) is 0.510. The van der Waals surface area contributed by atoms with E-state index >= 15 is 0 Å². The molecule has 0 radical (unpaired) electrons. The minimum Gasteiger partial charge on any atom is -0.271 e. The van der Waals surface area contributed by atoms with Crippen molar-refractivity contribution >= 4 is 33.9 Å². The molecule has 4 heteroatoms. The summed E-state index contributed by atoms with van der Waals surface area (Å²) in [5.74, 6) is 6.31. The van der Waals surface area contributed by atoms with Crippen molar-refractivity contribution in [1.82, 2.24) is 5.43 Å². The highest BCUT2D eigenvalue weighted by molar-refractivity contribution is 14.1. The fourth-order valence-corrected chi connectivity index (χ4v) is 3.46. The molecule has 0 amide bonds. The van der Waals surface area contributed by atoms with Crippen molar-refractivity contribution in [2.45, 2.75) is 18.9 Å². The molecule has 1 saturated carbocycles. The van der Waals surface area contributed by atoms with Crippen molar-refractivity contribution < 1.29 is 0 Å². The Kier molecular flexibility index (Phi) is 2.69. The van der Waals surface area contributed by atoms with Gasteiger partial charge in [-0.1, -0.05) is 0 Å². The van der Waals surface area contributed by atoms with Crippen LogP contribution in [0.15, 0.2) is 11.4 Å². The number of halogens is 1. The molecule has 1 aliphatic carbocycles. The van der Waals surface area contributed by atoms with Crippen LogP contribution in [0.25, 0.3) is 0 Å². The molecule has 1 heterocycles. The highest BCUT2D eigenvalue weighted by Crippen LogP contribution is 2.43. The second kappa shape index (κ2) is 3.61. The third kappa shape index (κ3) is 1.66. The highest BCUT2D eigenvalue weighted by Gasteiger charge is 2.33. The zero-order valence-electron chi connectivity index (χ0n) is 6.59. The maximum Gasteiger partial charge on any atom is 0.0592 e. The van der Waals surface area contributed by atoms with E-state index in [1.807, 2.05) is 0 Å². The standard InChI is InChI=1S/C8H11IN2S/c9-6-3-4-12-8(6)7(11-10)5-1-2-5/h3-5,7,11H,1-2,10H2. The van der Waals surface area contributed by atoms with Gasteiger partial charge in [0.15, 0.2) is 0 Å². The molecule has 0 aliphatic heterocycles. The van der Waals surface area contributed by atoms with Crippen molar-refractivity contribution in [1.29, 1.82) is 0 Å². The second-order valence-electron chi connectivity index (χ2n) is 3.11. The van der Waals surface area contributed by atoms with Gasteiger partial charge in [-0.05, 0) is 52.8 Å². The smallest absolute Gasteiger partial charge is 0.0592 e. The molecule has 1 fully saturated rings. The lowest BCUT2D eigenvalue weighted by atomic mass is 10.1. The van der Waals surface area contributed by atoms with E-state index in [4.69, 9.17) is 5.84 Å². The second-order valence-corrected chi connectivity index (χ2v) is 5.22. The van der Waals surface area contributed by atoms with Gasteiger partial charge in [-0.25, -0.2) is 0 Å². The van der Waals surface area contributed by atoms with E-state index in [0.717, 1.165) is 5.92 Å². The SMILES string of the molecule is NNC(c1sccc1I)C1CC1. The average Bonchev–Trinajstić information content (AvgIpc) is 2.80. The predicted molar refractivity (Wildman–Crippen MR) is 59.8 cm³/mol. The number of hydrogen-bond donors (Lipinski definition) is 2. The summed E-state index contributed by atoms with van der Waals surface area (Å²) in [6.07, 6.45) is 2.64. The summed E-state index contributed by atoms with van der Waals surface area (Å²) in [5.41, 5.74) is 2.91. The van der Waals surface area contributed by atoms with E-state index in [9.17, 15) is 0 Å². The predicted octanol–water partition coefficient (Wildman–Crippen LogP) is 2.27. The third-order valence-corrected chi connectivity index (χ3v) is 4.51. The lowest BCUT2D eigenvalue weighted by molar-refractivity contribution is 0.503. The van der Waals surface area contributed by atoms with Crippen LogP contribution >= 0.6 is 33.9 Å². The molecule has 2 nitrogen and oxygen atoms in total. The maximum absolute atomic E-state index is 5.53. The Labute approximate surface area is 89.6 Å². The van der Waals surface area contributed by atoms with Gasteiger partial charge in [-0.15, -0.1) is 11.3 Å². The van der Waals surface area contributed by atoms with Crippen LogP contribution in [0.1, 0.15) is 23.8 Å². The molecular formula is C8H11IN2S. The van der Waals surface area contributed by atoms with Gasteiger partial charge in [-0.2, -0.15) is 0 Å². The summed E-state index contributed by atoms with van der Waals surface area (Å²) in [7, 11) is 0. The first-order chi connectivity index (χ1) is 5.83. The largest absolute Gasteiger partial charge is 0.271 e. The Morgan fingerprint density at radius 1 is 1.67 bits per heavy atom. The lowest BCUT2D eigenvalue weighted by Crippen LogP contribution is -2.29. The molecule has 0 bridgehead atoms. The van der Waals surface area contributed by atoms with Crippen LogP contribution in [-0.4, -0.2) is 0 Å². The van der Waals surface area contributed by atoms with E-state index in [1.165, 1.54) is 21.3 Å². The van der Waals surface area contributed by atoms with E-state index in [2.05, 4.69) is 39.5 Å². The van der Waals surface area contributed by atoms with E-state index in [0.29, 0.717) is 6.04 Å². The first-order valence-corrected chi connectivity index (χ1v) is 5.98. The molecule has 3 N–H and O–H groups in total. The normalized spacial score (nSPS) is 19.5. The molecule has 1 aliphatic rings. The van der Waals surface area contributed by atoms with Crippen LogP contribution < -0.4 is 11.3 Å². The molecule has 1 unspecified atom stereocenters. The van der Waals surface area contributed by atoms with Crippen LogP contribution in [0, 0.1) is 9.49 Å². The van der Waals surface area contributed by atoms with Crippen LogP contribution in [0.4, 0.5) is 0 Å². The minimum atomic E-state index is 0.400. The molecule has 1 aromatic heterocycles. The van der Waals surface area contributed by atoms with E-state index in [1.54, 1.807) is 11.3 Å². The van der Waals surface area contributed by atoms with Crippen molar-refractivity contribution in [3.05, 3.63) is 19.9 Å². The van der Waals surface area contributed by atoms with Crippen molar-refractivity contribution in [2.75, 3.05) is 0 Å². The van der Waals surface area contributed by atoms with E-state index < -0.39 is 0 Å². The fraction of sp³-hybridized carbons (Fsp3) is 0.500. The molecule has 12 heavy (non-hydrogen) atoms. The lowest BCUT2D eigenvalue weighted by Gasteiger charge is -2.13. The molecule has 1 aromatic rings. The molecular weight excluding hydrogens is 283 g/mol. The van der Waals surface area contributed by atoms with Gasteiger partial charge < -0.3 is 0 Å². The molecule has 2 rings (SSSR count). The van der Waals surface area contributed by atoms with Gasteiger partial charge in [0.1, 0.15) is 0 Å². The van der Waals surface area contributed by atoms with Gasteiger partial charge in [0.2, 0.25) is 0 Å². The molecule has 1 atom stereocenters. The third-order valence-electron chi connectivity index (χ3n) is 2.20. The first kappa shape index (κ1) is 8.93. The first-order valence-electron chi connectivity index (χ1n) is 4.02. The molecule has 66 valence electrons. The molecule has 0 aromatic carbocycles. The number of nitrogens with two attached hydrogens (primary N) is 1. The summed E-state index contributed by atoms with van der Waals surface area (Å²) in [4.78, 5) is 1.40. The molecule has 0 spiro atoms. The summed E-state index contributed by atoms with van der Waals surface area (Å²) >= 11 is 4.17. The van der Waals surface area contributed by atoms with Crippen molar-refractivity contribution in [3.8, 4) is 0 Å². The Morgan fingerprint density at radius 3 is 2.83 bits per heavy atom. The van der Waals surface area contributed by atoms with Crippen LogP contribution in [-0.2, 0) is 0 Å². The topological polar surface area (TPSA) is 38.0 Å². The van der Waals surface area contributed by atoms with Crippen molar-refractivity contribution in [2.24, 2.45) is 11.8 Å². The summed E-state index contributed by atoms with van der Waals surface area (Å²) < 4.78 is 1.34. The van der Waals surface area contributed by atoms with Gasteiger partial charge in [0.05, 0.1) is 6.04 Å². The fourth-order valence-electron chi connectivity index (χ4n) is 1.38. The Balaban J connectivity index is 2.20. The van der Waals surface area contributed by atoms with Crippen LogP contribution in [0.3, 0.4) is 0 Å². The van der Waals surface area contributed by atoms with E-state index in [-0.39, 0.29) is 0 Å². The van der Waals surface area contributed by atoms with Gasteiger partial charge in [-0.3, -0.25) is 11.3 Å². The Morgan fingerprint density at radius 2 is 2.42 bits per heavy atom. The molecule has 0 saturated heterocycles. The number of thiophene rings is 1. The van der Waals surface area contributed by atoms with Gasteiger partial charge in [0.25, 0.3) is 0 Å². The number of hydrazine groups is 1. The Hall–Kier alpha value is 0.350. The average molecular weight is 294 g/mol. The summed E-state index contributed by atoms with van der Waals surface area (Å²) in [6, 6.07) is 2.55. The van der Waals surface area contributed by atoms with Gasteiger partial charge >= 0.3 is 0 Å². The van der Waals surface area contributed by atoms with Gasteiger partial charge in [0, 0.05) is 8.45 Å². The van der Waals surface area contributed by atoms with Crippen LogP contribution in [0.2, 0.25) is 0 Å². The summed E-state index contributed by atoms with van der Waals surface area (Å²) in [6.45, 7) is 0. The summed E-state index contributed by atoms with van der Waals surface area (Å²) in [5, 5.41) is 2.13. The minimum absolute atomic E-state index is 0.400. The van der Waals surface area contributed by atoms with Crippen LogP contribution in [0.5, 0.6) is 0 Å². The monoisotopic (exact) mass is 294 g/mol.